The summed E-state index contributed by atoms with van der Waals surface area (Å²) in [6.07, 6.45) is -0.663. The first-order valence-corrected chi connectivity index (χ1v) is 8.95. The Kier molecular flexibility index (Phi) is 4.56. The quantitative estimate of drug-likeness (QED) is 0.658. The molecule has 1 aromatic carbocycles. The number of carbonyl (C=O) groups excluding carboxylic acids is 1. The van der Waals surface area contributed by atoms with Crippen LogP contribution >= 0.6 is 27.3 Å². The van der Waals surface area contributed by atoms with Crippen LogP contribution in [0.3, 0.4) is 0 Å². The van der Waals surface area contributed by atoms with E-state index in [0.717, 1.165) is 10.4 Å². The van der Waals surface area contributed by atoms with E-state index in [1.54, 1.807) is 25.1 Å². The molecule has 3 rings (SSSR count). The Labute approximate surface area is 150 Å². The highest BCUT2D eigenvalue weighted by molar-refractivity contribution is 9.10. The molecule has 0 saturated heterocycles. The molecule has 24 heavy (non-hydrogen) atoms. The second kappa shape index (κ2) is 6.49. The topological polar surface area (TPSA) is 72.0 Å². The predicted molar refractivity (Wildman–Crippen MR) is 97.7 cm³/mol. The van der Waals surface area contributed by atoms with Crippen molar-refractivity contribution in [3.05, 3.63) is 60.9 Å². The van der Waals surface area contributed by atoms with Crippen molar-refractivity contribution in [2.45, 2.75) is 26.9 Å². The van der Waals surface area contributed by atoms with E-state index >= 15 is 0 Å². The van der Waals surface area contributed by atoms with Crippen molar-refractivity contribution < 1.29 is 9.53 Å². The van der Waals surface area contributed by atoms with Crippen molar-refractivity contribution in [1.82, 2.24) is 9.97 Å². The molecule has 0 unspecified atom stereocenters. The van der Waals surface area contributed by atoms with Gasteiger partial charge < -0.3 is 9.72 Å². The van der Waals surface area contributed by atoms with Gasteiger partial charge in [0.2, 0.25) is 0 Å². The van der Waals surface area contributed by atoms with Gasteiger partial charge in [0.1, 0.15) is 4.83 Å². The third kappa shape index (κ3) is 3.01. The minimum absolute atomic E-state index is 0.208. The van der Waals surface area contributed by atoms with Crippen molar-refractivity contribution in [2.75, 3.05) is 0 Å². The lowest BCUT2D eigenvalue weighted by Crippen LogP contribution is -2.17. The summed E-state index contributed by atoms with van der Waals surface area (Å²) in [5, 5.41) is 0.602. The van der Waals surface area contributed by atoms with Gasteiger partial charge in [-0.25, -0.2) is 9.78 Å². The molecule has 0 aliphatic heterocycles. The Hall–Kier alpha value is -1.99. The van der Waals surface area contributed by atoms with Gasteiger partial charge in [-0.15, -0.1) is 11.3 Å². The lowest BCUT2D eigenvalue weighted by atomic mass is 10.2. The van der Waals surface area contributed by atoms with Gasteiger partial charge in [-0.2, -0.15) is 0 Å². The standard InChI is InChI=1S/C17H15BrN2O3S/c1-8-10(3)24-16-13(8)15(21)19-14(20-16)9(2)23-17(22)11-6-4-5-7-12(11)18/h4-7,9H,1-3H3,(H,19,20,21)/t9-/m1/s1. The van der Waals surface area contributed by atoms with Gasteiger partial charge in [0, 0.05) is 9.35 Å². The first kappa shape index (κ1) is 16.9. The number of hydrogen-bond acceptors (Lipinski definition) is 5. The Bertz CT molecular complexity index is 993. The molecule has 1 N–H and O–H groups in total. The van der Waals surface area contributed by atoms with Gasteiger partial charge in [0.05, 0.1) is 10.9 Å². The Morgan fingerprint density at radius 2 is 2.04 bits per heavy atom. The highest BCUT2D eigenvalue weighted by Crippen LogP contribution is 2.27. The van der Waals surface area contributed by atoms with Crippen LogP contribution in [0.25, 0.3) is 10.2 Å². The van der Waals surface area contributed by atoms with Crippen LogP contribution in [0.1, 0.15) is 39.7 Å². The van der Waals surface area contributed by atoms with Crippen LogP contribution in [-0.4, -0.2) is 15.9 Å². The zero-order chi connectivity index (χ0) is 17.4. The summed E-state index contributed by atoms with van der Waals surface area (Å²) in [7, 11) is 0. The second-order valence-corrected chi connectivity index (χ2v) is 7.50. The largest absolute Gasteiger partial charge is 0.451 e. The molecule has 0 bridgehead atoms. The van der Waals surface area contributed by atoms with Crippen molar-refractivity contribution in [3.63, 3.8) is 0 Å². The van der Waals surface area contributed by atoms with E-state index in [2.05, 4.69) is 25.9 Å². The van der Waals surface area contributed by atoms with Gasteiger partial charge >= 0.3 is 5.97 Å². The minimum Gasteiger partial charge on any atom is -0.451 e. The highest BCUT2D eigenvalue weighted by atomic mass is 79.9. The monoisotopic (exact) mass is 406 g/mol. The fourth-order valence-electron chi connectivity index (χ4n) is 2.37. The van der Waals surface area contributed by atoms with Crippen LogP contribution in [0.2, 0.25) is 0 Å². The fraction of sp³-hybridized carbons (Fsp3) is 0.235. The van der Waals surface area contributed by atoms with E-state index in [1.807, 2.05) is 19.9 Å². The van der Waals surface area contributed by atoms with E-state index in [1.165, 1.54) is 11.3 Å². The van der Waals surface area contributed by atoms with Crippen LogP contribution in [0, 0.1) is 13.8 Å². The molecule has 0 saturated carbocycles. The summed E-state index contributed by atoms with van der Waals surface area (Å²) < 4.78 is 6.10. The number of ether oxygens (including phenoxy) is 1. The summed E-state index contributed by atoms with van der Waals surface area (Å²) in [5.41, 5.74) is 1.16. The summed E-state index contributed by atoms with van der Waals surface area (Å²) in [6.45, 7) is 5.55. The molecule has 1 atom stereocenters. The third-order valence-corrected chi connectivity index (χ3v) is 5.61. The van der Waals surface area contributed by atoms with Gasteiger partial charge in [-0.1, -0.05) is 12.1 Å². The number of thiophene rings is 1. The number of nitrogens with zero attached hydrogens (tertiary/aromatic N) is 1. The van der Waals surface area contributed by atoms with Gasteiger partial charge in [0.15, 0.2) is 11.9 Å². The summed E-state index contributed by atoms with van der Waals surface area (Å²) in [4.78, 5) is 33.5. The van der Waals surface area contributed by atoms with Crippen LogP contribution in [0.15, 0.2) is 33.5 Å². The molecule has 0 aliphatic carbocycles. The minimum atomic E-state index is -0.663. The zero-order valence-electron chi connectivity index (χ0n) is 13.3. The van der Waals surface area contributed by atoms with E-state index in [9.17, 15) is 9.59 Å². The van der Waals surface area contributed by atoms with Gasteiger partial charge in [-0.05, 0) is 54.4 Å². The Morgan fingerprint density at radius 1 is 1.33 bits per heavy atom. The molecule has 0 amide bonds. The van der Waals surface area contributed by atoms with E-state index in [-0.39, 0.29) is 5.56 Å². The molecule has 0 radical (unpaired) electrons. The SMILES string of the molecule is Cc1sc2nc([C@@H](C)OC(=O)c3ccccc3Br)[nH]c(=O)c2c1C. The fourth-order valence-corrected chi connectivity index (χ4v) is 3.85. The third-order valence-electron chi connectivity index (χ3n) is 3.82. The van der Waals surface area contributed by atoms with E-state index < -0.39 is 12.1 Å². The first-order valence-electron chi connectivity index (χ1n) is 7.34. The molecule has 3 aromatic rings. The molecular formula is C17H15BrN2O3S. The van der Waals surface area contributed by atoms with Crippen molar-refractivity contribution in [2.24, 2.45) is 0 Å². The summed E-state index contributed by atoms with van der Waals surface area (Å²) in [6, 6.07) is 7.02. The smallest absolute Gasteiger partial charge is 0.339 e. The molecule has 2 heterocycles. The Morgan fingerprint density at radius 3 is 2.75 bits per heavy atom. The number of nitrogens with one attached hydrogen (secondary N) is 1. The molecule has 124 valence electrons. The number of hydrogen-bond donors (Lipinski definition) is 1. The molecule has 7 heteroatoms. The van der Waals surface area contributed by atoms with Gasteiger partial charge in [-0.3, -0.25) is 4.79 Å². The number of aromatic amines is 1. The van der Waals surface area contributed by atoms with Crippen LogP contribution in [0.4, 0.5) is 0 Å². The van der Waals surface area contributed by atoms with Crippen LogP contribution in [0.5, 0.6) is 0 Å². The van der Waals surface area contributed by atoms with E-state index in [4.69, 9.17) is 4.74 Å². The van der Waals surface area contributed by atoms with Gasteiger partial charge in [0.25, 0.3) is 5.56 Å². The Balaban J connectivity index is 1.92. The maximum absolute atomic E-state index is 12.3. The first-order chi connectivity index (χ1) is 11.4. The number of benzene rings is 1. The molecule has 0 aliphatic rings. The normalized spacial score (nSPS) is 12.3. The number of rotatable bonds is 3. The van der Waals surface area contributed by atoms with E-state index in [0.29, 0.717) is 26.1 Å². The molecule has 2 aromatic heterocycles. The number of fused-ring (bicyclic) bond motifs is 1. The molecule has 0 spiro atoms. The number of aromatic nitrogens is 2. The second-order valence-electron chi connectivity index (χ2n) is 5.44. The average Bonchev–Trinajstić information content (AvgIpc) is 2.82. The van der Waals surface area contributed by atoms with Crippen molar-refractivity contribution in [1.29, 1.82) is 0 Å². The lowest BCUT2D eigenvalue weighted by Gasteiger charge is -2.13. The highest BCUT2D eigenvalue weighted by Gasteiger charge is 2.20. The maximum Gasteiger partial charge on any atom is 0.339 e. The molecule has 0 fully saturated rings. The predicted octanol–water partition coefficient (Wildman–Crippen LogP) is 4.28. The number of aryl methyl sites for hydroxylation is 2. The maximum atomic E-state index is 12.3. The lowest BCUT2D eigenvalue weighted by molar-refractivity contribution is 0.0319. The number of carbonyl (C=O) groups is 1. The average molecular weight is 407 g/mol. The number of halogens is 1. The number of H-pyrrole nitrogens is 1. The molecular weight excluding hydrogens is 392 g/mol. The number of esters is 1. The zero-order valence-corrected chi connectivity index (χ0v) is 15.7. The van der Waals surface area contributed by atoms with Crippen LogP contribution in [-0.2, 0) is 4.74 Å². The summed E-state index contributed by atoms with van der Waals surface area (Å²) in [5.74, 6) is -0.134. The van der Waals surface area contributed by atoms with Crippen LogP contribution < -0.4 is 5.56 Å². The summed E-state index contributed by atoms with van der Waals surface area (Å²) >= 11 is 4.79. The molecule has 5 nitrogen and oxygen atoms in total. The van der Waals surface area contributed by atoms with Crippen molar-refractivity contribution >= 4 is 43.5 Å². The van der Waals surface area contributed by atoms with Crippen molar-refractivity contribution in [3.8, 4) is 0 Å².